The standard InChI is InChI=1S/C10H11BrClNO2/c1-13(2)10(14)7-4-6(11)5-8(15-3)9(7)12/h4-5H,1-3H3. The number of amides is 1. The van der Waals surface area contributed by atoms with Crippen LogP contribution in [-0.2, 0) is 0 Å². The Morgan fingerprint density at radius 3 is 2.53 bits per heavy atom. The maximum absolute atomic E-state index is 11.8. The van der Waals surface area contributed by atoms with Gasteiger partial charge in [0.05, 0.1) is 17.7 Å². The molecule has 0 unspecified atom stereocenters. The number of rotatable bonds is 2. The van der Waals surface area contributed by atoms with Crippen LogP contribution in [0.5, 0.6) is 5.75 Å². The summed E-state index contributed by atoms with van der Waals surface area (Å²) in [6.45, 7) is 0. The minimum Gasteiger partial charge on any atom is -0.495 e. The SMILES string of the molecule is COc1cc(Br)cc(C(=O)N(C)C)c1Cl. The minimum absolute atomic E-state index is 0.153. The highest BCUT2D eigenvalue weighted by Crippen LogP contribution is 2.32. The van der Waals surface area contributed by atoms with Crippen LogP contribution < -0.4 is 4.74 Å². The molecule has 1 aromatic carbocycles. The van der Waals surface area contributed by atoms with Gasteiger partial charge in [0.25, 0.3) is 5.91 Å². The van der Waals surface area contributed by atoms with Gasteiger partial charge in [-0.3, -0.25) is 4.79 Å². The number of ether oxygens (including phenoxy) is 1. The van der Waals surface area contributed by atoms with E-state index in [4.69, 9.17) is 16.3 Å². The molecular weight excluding hydrogens is 281 g/mol. The second kappa shape index (κ2) is 4.86. The van der Waals surface area contributed by atoms with Crippen molar-refractivity contribution in [2.45, 2.75) is 0 Å². The Morgan fingerprint density at radius 2 is 2.07 bits per heavy atom. The summed E-state index contributed by atoms with van der Waals surface area (Å²) >= 11 is 9.32. The van der Waals surface area contributed by atoms with Crippen molar-refractivity contribution in [2.24, 2.45) is 0 Å². The molecule has 0 aliphatic rings. The van der Waals surface area contributed by atoms with Gasteiger partial charge >= 0.3 is 0 Å². The van der Waals surface area contributed by atoms with Crippen molar-refractivity contribution in [3.63, 3.8) is 0 Å². The van der Waals surface area contributed by atoms with E-state index in [0.29, 0.717) is 16.3 Å². The van der Waals surface area contributed by atoms with Crippen molar-refractivity contribution in [2.75, 3.05) is 21.2 Å². The van der Waals surface area contributed by atoms with Gasteiger partial charge in [-0.05, 0) is 12.1 Å². The second-order valence-electron chi connectivity index (χ2n) is 3.17. The number of carbonyl (C=O) groups excluding carboxylic acids is 1. The predicted octanol–water partition coefficient (Wildman–Crippen LogP) is 2.81. The van der Waals surface area contributed by atoms with Crippen LogP contribution in [0, 0.1) is 0 Å². The Hall–Kier alpha value is -0.740. The highest BCUT2D eigenvalue weighted by atomic mass is 79.9. The third-order valence-corrected chi connectivity index (χ3v) is 2.71. The first kappa shape index (κ1) is 12.3. The van der Waals surface area contributed by atoms with Crippen LogP contribution in [-0.4, -0.2) is 32.0 Å². The molecule has 0 radical (unpaired) electrons. The molecule has 0 spiro atoms. The highest BCUT2D eigenvalue weighted by Gasteiger charge is 2.16. The van der Waals surface area contributed by atoms with E-state index < -0.39 is 0 Å². The average molecular weight is 293 g/mol. The van der Waals surface area contributed by atoms with E-state index in [1.165, 1.54) is 12.0 Å². The van der Waals surface area contributed by atoms with Crippen LogP contribution in [0.2, 0.25) is 5.02 Å². The fourth-order valence-corrected chi connectivity index (χ4v) is 1.81. The maximum Gasteiger partial charge on any atom is 0.255 e. The molecule has 15 heavy (non-hydrogen) atoms. The van der Waals surface area contributed by atoms with Gasteiger partial charge in [-0.25, -0.2) is 0 Å². The summed E-state index contributed by atoms with van der Waals surface area (Å²) in [6.07, 6.45) is 0. The molecule has 0 N–H and O–H groups in total. The van der Waals surface area contributed by atoms with Gasteiger partial charge < -0.3 is 9.64 Å². The lowest BCUT2D eigenvalue weighted by atomic mass is 10.2. The van der Waals surface area contributed by atoms with Crippen LogP contribution in [0.1, 0.15) is 10.4 Å². The zero-order chi connectivity index (χ0) is 11.6. The lowest BCUT2D eigenvalue weighted by Gasteiger charge is -2.13. The predicted molar refractivity (Wildman–Crippen MR) is 63.7 cm³/mol. The van der Waals surface area contributed by atoms with E-state index in [9.17, 15) is 4.79 Å². The van der Waals surface area contributed by atoms with Crippen LogP contribution in [0.15, 0.2) is 16.6 Å². The lowest BCUT2D eigenvalue weighted by Crippen LogP contribution is -2.22. The largest absolute Gasteiger partial charge is 0.495 e. The second-order valence-corrected chi connectivity index (χ2v) is 4.46. The normalized spacial score (nSPS) is 9.93. The Morgan fingerprint density at radius 1 is 1.47 bits per heavy atom. The smallest absolute Gasteiger partial charge is 0.255 e. The van der Waals surface area contributed by atoms with E-state index >= 15 is 0 Å². The van der Waals surface area contributed by atoms with Crippen molar-refractivity contribution in [3.05, 3.63) is 27.2 Å². The molecule has 3 nitrogen and oxygen atoms in total. The first-order chi connectivity index (χ1) is 6.97. The number of hydrogen-bond acceptors (Lipinski definition) is 2. The number of halogens is 2. The number of hydrogen-bond donors (Lipinski definition) is 0. The van der Waals surface area contributed by atoms with E-state index in [2.05, 4.69) is 15.9 Å². The van der Waals surface area contributed by atoms with Gasteiger partial charge in [0, 0.05) is 18.6 Å². The monoisotopic (exact) mass is 291 g/mol. The van der Waals surface area contributed by atoms with E-state index in [1.54, 1.807) is 26.2 Å². The Bertz CT molecular complexity index is 393. The molecular formula is C10H11BrClNO2. The Labute approximate surface area is 102 Å². The molecule has 0 aromatic heterocycles. The van der Waals surface area contributed by atoms with Crippen molar-refractivity contribution in [1.82, 2.24) is 4.90 Å². The Balaban J connectivity index is 3.29. The van der Waals surface area contributed by atoms with Crippen LogP contribution >= 0.6 is 27.5 Å². The molecule has 1 aromatic rings. The third-order valence-electron chi connectivity index (χ3n) is 1.86. The van der Waals surface area contributed by atoms with E-state index in [1.807, 2.05) is 0 Å². The quantitative estimate of drug-likeness (QED) is 0.839. The zero-order valence-corrected chi connectivity index (χ0v) is 11.0. The van der Waals surface area contributed by atoms with Crippen molar-refractivity contribution < 1.29 is 9.53 Å². The fraction of sp³-hybridized carbons (Fsp3) is 0.300. The first-order valence-corrected chi connectivity index (χ1v) is 5.39. The number of methoxy groups -OCH3 is 1. The first-order valence-electron chi connectivity index (χ1n) is 4.22. The molecule has 0 saturated carbocycles. The molecule has 0 saturated heterocycles. The van der Waals surface area contributed by atoms with Crippen molar-refractivity contribution in [1.29, 1.82) is 0 Å². The molecule has 1 rings (SSSR count). The molecule has 0 aliphatic carbocycles. The van der Waals surface area contributed by atoms with Gasteiger partial charge in [-0.2, -0.15) is 0 Å². The van der Waals surface area contributed by atoms with Gasteiger partial charge in [-0.15, -0.1) is 0 Å². The zero-order valence-electron chi connectivity index (χ0n) is 8.67. The Kier molecular flexibility index (Phi) is 3.99. The van der Waals surface area contributed by atoms with Gasteiger partial charge in [0.15, 0.2) is 0 Å². The number of carbonyl (C=O) groups is 1. The summed E-state index contributed by atoms with van der Waals surface area (Å²) in [6, 6.07) is 3.39. The topological polar surface area (TPSA) is 29.5 Å². The van der Waals surface area contributed by atoms with Gasteiger partial charge in [0.1, 0.15) is 5.75 Å². The maximum atomic E-state index is 11.8. The van der Waals surface area contributed by atoms with Gasteiger partial charge in [-0.1, -0.05) is 27.5 Å². The number of nitrogens with zero attached hydrogens (tertiary/aromatic N) is 1. The summed E-state index contributed by atoms with van der Waals surface area (Å²) in [5, 5.41) is 0.333. The molecule has 82 valence electrons. The summed E-state index contributed by atoms with van der Waals surface area (Å²) in [5.41, 5.74) is 0.424. The van der Waals surface area contributed by atoms with Crippen LogP contribution in [0.25, 0.3) is 0 Å². The minimum atomic E-state index is -0.153. The van der Waals surface area contributed by atoms with Crippen LogP contribution in [0.3, 0.4) is 0 Å². The fourth-order valence-electron chi connectivity index (χ4n) is 1.11. The van der Waals surface area contributed by atoms with Crippen molar-refractivity contribution in [3.8, 4) is 5.75 Å². The molecule has 0 atom stereocenters. The molecule has 0 aliphatic heterocycles. The van der Waals surface area contributed by atoms with E-state index in [0.717, 1.165) is 4.47 Å². The summed E-state index contributed by atoms with van der Waals surface area (Å²) in [7, 11) is 4.86. The summed E-state index contributed by atoms with van der Waals surface area (Å²) in [5.74, 6) is 0.329. The number of benzene rings is 1. The molecule has 0 fully saturated rings. The lowest BCUT2D eigenvalue weighted by molar-refractivity contribution is 0.0827. The van der Waals surface area contributed by atoms with Crippen molar-refractivity contribution >= 4 is 33.4 Å². The average Bonchev–Trinajstić information content (AvgIpc) is 2.19. The van der Waals surface area contributed by atoms with E-state index in [-0.39, 0.29) is 5.91 Å². The third kappa shape index (κ3) is 2.63. The summed E-state index contributed by atoms with van der Waals surface area (Å²) in [4.78, 5) is 13.2. The molecule has 0 heterocycles. The highest BCUT2D eigenvalue weighted by molar-refractivity contribution is 9.10. The molecule has 1 amide bonds. The molecule has 0 bridgehead atoms. The summed E-state index contributed by atoms with van der Waals surface area (Å²) < 4.78 is 5.82. The molecule has 5 heteroatoms. The van der Waals surface area contributed by atoms with Gasteiger partial charge in [0.2, 0.25) is 0 Å². The van der Waals surface area contributed by atoms with Crippen LogP contribution in [0.4, 0.5) is 0 Å².